The number of ether oxygens (including phenoxy) is 3. The van der Waals surface area contributed by atoms with E-state index >= 15 is 0 Å². The lowest BCUT2D eigenvalue weighted by Gasteiger charge is -2.12. The number of benzene rings is 1. The summed E-state index contributed by atoms with van der Waals surface area (Å²) in [4.78, 5) is 12.0. The van der Waals surface area contributed by atoms with Gasteiger partial charge in [-0.25, -0.2) is 0 Å². The number of Topliss-reactive ketones (excluding diaryl/α,β-unsaturated/α-hetero) is 1. The summed E-state index contributed by atoms with van der Waals surface area (Å²) >= 11 is 0. The quantitative estimate of drug-likeness (QED) is 0.808. The number of methoxy groups -OCH3 is 1. The van der Waals surface area contributed by atoms with Gasteiger partial charge in [-0.3, -0.25) is 4.79 Å². The number of hydrogen-bond donors (Lipinski definition) is 1. The maximum absolute atomic E-state index is 12.0. The summed E-state index contributed by atoms with van der Waals surface area (Å²) in [6.45, 7) is 1.42. The number of nitrogens with two attached hydrogens (primary N) is 1. The second-order valence-electron chi connectivity index (χ2n) is 4.14. The molecule has 0 saturated heterocycles. The summed E-state index contributed by atoms with van der Waals surface area (Å²) in [5.41, 5.74) is 6.24. The first-order valence-electron chi connectivity index (χ1n) is 5.90. The summed E-state index contributed by atoms with van der Waals surface area (Å²) in [5.74, 6) is 1.11. The molecule has 1 aliphatic rings. The van der Waals surface area contributed by atoms with Gasteiger partial charge < -0.3 is 19.9 Å². The Morgan fingerprint density at radius 1 is 1.39 bits per heavy atom. The molecule has 2 N–H and O–H groups in total. The SMILES string of the molecule is COCC(N)C(=O)c1ccc2c(c1)OCCCO2. The highest BCUT2D eigenvalue weighted by Crippen LogP contribution is 2.30. The van der Waals surface area contributed by atoms with E-state index in [1.807, 2.05) is 0 Å². The predicted octanol–water partition coefficient (Wildman–Crippen LogP) is 1.00. The van der Waals surface area contributed by atoms with Crippen molar-refractivity contribution in [1.82, 2.24) is 0 Å². The normalized spacial score (nSPS) is 15.9. The largest absolute Gasteiger partial charge is 0.490 e. The third-order valence-electron chi connectivity index (χ3n) is 2.72. The van der Waals surface area contributed by atoms with Crippen LogP contribution in [0.5, 0.6) is 11.5 Å². The van der Waals surface area contributed by atoms with Crippen molar-refractivity contribution in [1.29, 1.82) is 0 Å². The molecule has 18 heavy (non-hydrogen) atoms. The summed E-state index contributed by atoms with van der Waals surface area (Å²) in [6.07, 6.45) is 0.834. The fourth-order valence-corrected chi connectivity index (χ4v) is 1.79. The van der Waals surface area contributed by atoms with Gasteiger partial charge in [-0.15, -0.1) is 0 Å². The Labute approximate surface area is 106 Å². The molecule has 0 radical (unpaired) electrons. The van der Waals surface area contributed by atoms with E-state index in [4.69, 9.17) is 19.9 Å². The van der Waals surface area contributed by atoms with Gasteiger partial charge in [0.25, 0.3) is 0 Å². The molecule has 1 unspecified atom stereocenters. The van der Waals surface area contributed by atoms with Crippen molar-refractivity contribution < 1.29 is 19.0 Å². The summed E-state index contributed by atoms with van der Waals surface area (Å²) in [5, 5.41) is 0. The Kier molecular flexibility index (Phi) is 4.17. The zero-order valence-corrected chi connectivity index (χ0v) is 10.3. The van der Waals surface area contributed by atoms with Crippen LogP contribution >= 0.6 is 0 Å². The van der Waals surface area contributed by atoms with Gasteiger partial charge in [0.15, 0.2) is 17.3 Å². The zero-order valence-electron chi connectivity index (χ0n) is 10.3. The van der Waals surface area contributed by atoms with E-state index in [2.05, 4.69) is 0 Å². The molecular weight excluding hydrogens is 234 g/mol. The molecule has 1 atom stereocenters. The van der Waals surface area contributed by atoms with Gasteiger partial charge in [0, 0.05) is 19.1 Å². The monoisotopic (exact) mass is 251 g/mol. The van der Waals surface area contributed by atoms with Crippen LogP contribution in [0.4, 0.5) is 0 Å². The molecule has 1 aromatic carbocycles. The van der Waals surface area contributed by atoms with Gasteiger partial charge in [-0.1, -0.05) is 0 Å². The van der Waals surface area contributed by atoms with Gasteiger partial charge >= 0.3 is 0 Å². The Balaban J connectivity index is 2.19. The first-order chi connectivity index (χ1) is 8.72. The number of ketones is 1. The van der Waals surface area contributed by atoms with Crippen LogP contribution in [-0.2, 0) is 4.74 Å². The highest BCUT2D eigenvalue weighted by atomic mass is 16.5. The third kappa shape index (κ3) is 2.80. The fourth-order valence-electron chi connectivity index (χ4n) is 1.79. The second kappa shape index (κ2) is 5.84. The molecular formula is C13H17NO4. The van der Waals surface area contributed by atoms with E-state index in [9.17, 15) is 4.79 Å². The van der Waals surface area contributed by atoms with Crippen molar-refractivity contribution in [2.45, 2.75) is 12.5 Å². The van der Waals surface area contributed by atoms with E-state index in [1.54, 1.807) is 18.2 Å². The van der Waals surface area contributed by atoms with E-state index in [0.29, 0.717) is 30.3 Å². The molecule has 0 aliphatic carbocycles. The molecule has 1 aliphatic heterocycles. The Morgan fingerprint density at radius 3 is 2.83 bits per heavy atom. The van der Waals surface area contributed by atoms with E-state index in [0.717, 1.165) is 6.42 Å². The lowest BCUT2D eigenvalue weighted by atomic mass is 10.0. The summed E-state index contributed by atoms with van der Waals surface area (Å²) < 4.78 is 15.9. The lowest BCUT2D eigenvalue weighted by Crippen LogP contribution is -2.34. The lowest BCUT2D eigenvalue weighted by molar-refractivity contribution is 0.0892. The third-order valence-corrected chi connectivity index (χ3v) is 2.72. The van der Waals surface area contributed by atoms with Crippen LogP contribution in [0.15, 0.2) is 18.2 Å². The van der Waals surface area contributed by atoms with Crippen molar-refractivity contribution in [2.75, 3.05) is 26.9 Å². The molecule has 2 rings (SSSR count). The molecule has 0 spiro atoms. The average molecular weight is 251 g/mol. The molecule has 0 aromatic heterocycles. The predicted molar refractivity (Wildman–Crippen MR) is 66.2 cm³/mol. The molecule has 5 nitrogen and oxygen atoms in total. The standard InChI is InChI=1S/C13H17NO4/c1-16-8-10(14)13(15)9-3-4-11-12(7-9)18-6-2-5-17-11/h3-4,7,10H,2,5-6,8,14H2,1H3. The molecule has 0 saturated carbocycles. The minimum atomic E-state index is -0.653. The zero-order chi connectivity index (χ0) is 13.0. The topological polar surface area (TPSA) is 70.8 Å². The van der Waals surface area contributed by atoms with Crippen LogP contribution in [0, 0.1) is 0 Å². The fraction of sp³-hybridized carbons (Fsp3) is 0.462. The maximum Gasteiger partial charge on any atom is 0.182 e. The smallest absolute Gasteiger partial charge is 0.182 e. The summed E-state index contributed by atoms with van der Waals surface area (Å²) in [7, 11) is 1.51. The number of fused-ring (bicyclic) bond motifs is 1. The van der Waals surface area contributed by atoms with Gasteiger partial charge in [0.05, 0.1) is 25.9 Å². The molecule has 98 valence electrons. The van der Waals surface area contributed by atoms with Crippen LogP contribution in [0.1, 0.15) is 16.8 Å². The van der Waals surface area contributed by atoms with Gasteiger partial charge in [0.2, 0.25) is 0 Å². The van der Waals surface area contributed by atoms with Crippen molar-refractivity contribution in [3.8, 4) is 11.5 Å². The number of carbonyl (C=O) groups is 1. The van der Waals surface area contributed by atoms with Crippen LogP contribution in [0.25, 0.3) is 0 Å². The van der Waals surface area contributed by atoms with Crippen LogP contribution in [0.2, 0.25) is 0 Å². The van der Waals surface area contributed by atoms with Crippen molar-refractivity contribution in [3.63, 3.8) is 0 Å². The number of hydrogen-bond acceptors (Lipinski definition) is 5. The first kappa shape index (κ1) is 12.9. The van der Waals surface area contributed by atoms with Crippen LogP contribution < -0.4 is 15.2 Å². The highest BCUT2D eigenvalue weighted by Gasteiger charge is 2.18. The molecule has 0 bridgehead atoms. The van der Waals surface area contributed by atoms with Crippen molar-refractivity contribution in [2.24, 2.45) is 5.73 Å². The Morgan fingerprint density at radius 2 is 2.11 bits per heavy atom. The molecule has 1 aromatic rings. The van der Waals surface area contributed by atoms with Gasteiger partial charge in [-0.2, -0.15) is 0 Å². The van der Waals surface area contributed by atoms with Crippen LogP contribution in [-0.4, -0.2) is 38.8 Å². The van der Waals surface area contributed by atoms with Gasteiger partial charge in [-0.05, 0) is 18.2 Å². The minimum absolute atomic E-state index is 0.160. The molecule has 0 fully saturated rings. The highest BCUT2D eigenvalue weighted by molar-refractivity contribution is 6.00. The van der Waals surface area contributed by atoms with Crippen molar-refractivity contribution >= 4 is 5.78 Å². The van der Waals surface area contributed by atoms with Crippen molar-refractivity contribution in [3.05, 3.63) is 23.8 Å². The maximum atomic E-state index is 12.0. The second-order valence-corrected chi connectivity index (χ2v) is 4.14. The molecule has 1 heterocycles. The van der Waals surface area contributed by atoms with E-state index in [-0.39, 0.29) is 12.4 Å². The van der Waals surface area contributed by atoms with E-state index in [1.165, 1.54) is 7.11 Å². The van der Waals surface area contributed by atoms with E-state index < -0.39 is 6.04 Å². The van der Waals surface area contributed by atoms with Gasteiger partial charge in [0.1, 0.15) is 0 Å². The van der Waals surface area contributed by atoms with Crippen LogP contribution in [0.3, 0.4) is 0 Å². The Hall–Kier alpha value is -1.59. The number of rotatable bonds is 4. The first-order valence-corrected chi connectivity index (χ1v) is 5.90. The molecule has 5 heteroatoms. The average Bonchev–Trinajstić information content (AvgIpc) is 2.62. The number of carbonyl (C=O) groups excluding carboxylic acids is 1. The minimum Gasteiger partial charge on any atom is -0.490 e. The Bertz CT molecular complexity index is 433. The summed E-state index contributed by atoms with van der Waals surface area (Å²) in [6, 6.07) is 4.47. The molecule has 0 amide bonds.